The monoisotopic (exact) mass is 451 g/mol. The summed E-state index contributed by atoms with van der Waals surface area (Å²) in [6.45, 7) is 1.83. The van der Waals surface area contributed by atoms with E-state index in [9.17, 15) is 4.79 Å². The zero-order valence-corrected chi connectivity index (χ0v) is 13.2. The Balaban J connectivity index is 3.19. The molecule has 1 aromatic carbocycles. The van der Waals surface area contributed by atoms with Crippen LogP contribution in [0.4, 0.5) is 5.69 Å². The number of carbonyl (C=O) groups is 1. The predicted octanol–water partition coefficient (Wildman–Crippen LogP) is 2.93. The largest absolute Gasteiger partial charge is 0.323 e. The molecule has 86 valence electrons. The lowest BCUT2D eigenvalue weighted by molar-refractivity contribution is -0.115. The first-order valence-electron chi connectivity index (χ1n) is 4.56. The molecule has 6 heteroatoms. The summed E-state index contributed by atoms with van der Waals surface area (Å²) in [5.41, 5.74) is 2.10. The Morgan fingerprint density at radius 3 is 2.65 bits per heavy atom. The fourth-order valence-electron chi connectivity index (χ4n) is 1.20. The number of nitrogens with zero attached hydrogens (tertiary/aromatic N) is 2. The molecule has 0 aromatic heterocycles. The number of benzene rings is 1. The van der Waals surface area contributed by atoms with Gasteiger partial charge in [-0.15, -0.1) is 0 Å². The number of nitrogens with one attached hydrogen (secondary N) is 1. The Labute approximate surface area is 126 Å². The van der Waals surface area contributed by atoms with Crippen LogP contribution in [0.15, 0.2) is 6.07 Å². The molecule has 17 heavy (non-hydrogen) atoms. The standard InChI is InChI=1S/C11H7I2N3O/c1-6-7(5-15)4-8(12)11(10(6)13)16-9(17)2-3-14/h4H,2H2,1H3,(H,16,17). The number of hydrogen-bond acceptors (Lipinski definition) is 3. The van der Waals surface area contributed by atoms with Crippen LogP contribution in [0.1, 0.15) is 17.5 Å². The molecular weight excluding hydrogens is 444 g/mol. The van der Waals surface area contributed by atoms with Crippen molar-refractivity contribution in [3.05, 3.63) is 24.3 Å². The summed E-state index contributed by atoms with van der Waals surface area (Å²) >= 11 is 4.15. The first kappa shape index (κ1) is 14.2. The maximum absolute atomic E-state index is 11.4. The van der Waals surface area contributed by atoms with Gasteiger partial charge in [0.1, 0.15) is 6.42 Å². The average Bonchev–Trinajstić information content (AvgIpc) is 2.29. The summed E-state index contributed by atoms with van der Waals surface area (Å²) in [5, 5.41) is 20.1. The third-order valence-corrected chi connectivity index (χ3v) is 4.29. The molecule has 0 bridgehead atoms. The highest BCUT2D eigenvalue weighted by atomic mass is 127. The Hall–Kier alpha value is -0.870. The highest BCUT2D eigenvalue weighted by Gasteiger charge is 2.14. The van der Waals surface area contributed by atoms with Gasteiger partial charge in [0, 0.05) is 7.14 Å². The van der Waals surface area contributed by atoms with E-state index < -0.39 is 0 Å². The SMILES string of the molecule is Cc1c(C#N)cc(I)c(NC(=O)CC#N)c1I. The molecule has 0 aliphatic heterocycles. The maximum atomic E-state index is 11.4. The normalized spacial score (nSPS) is 9.24. The molecule has 0 aliphatic carbocycles. The van der Waals surface area contributed by atoms with E-state index in [1.807, 2.05) is 6.92 Å². The van der Waals surface area contributed by atoms with Gasteiger partial charge in [0.2, 0.25) is 5.91 Å². The molecule has 0 saturated heterocycles. The summed E-state index contributed by atoms with van der Waals surface area (Å²) in [6, 6.07) is 5.62. The van der Waals surface area contributed by atoms with Crippen LogP contribution in [-0.2, 0) is 4.79 Å². The van der Waals surface area contributed by atoms with Crippen molar-refractivity contribution in [2.24, 2.45) is 0 Å². The maximum Gasteiger partial charge on any atom is 0.238 e. The number of halogens is 2. The van der Waals surface area contributed by atoms with Crippen LogP contribution in [0.25, 0.3) is 0 Å². The first-order valence-corrected chi connectivity index (χ1v) is 6.72. The molecule has 0 heterocycles. The molecule has 0 unspecified atom stereocenters. The summed E-state index contributed by atoms with van der Waals surface area (Å²) in [4.78, 5) is 11.4. The zero-order chi connectivity index (χ0) is 13.0. The molecular formula is C11H7I2N3O. The van der Waals surface area contributed by atoms with Crippen molar-refractivity contribution < 1.29 is 4.79 Å². The van der Waals surface area contributed by atoms with Crippen LogP contribution in [0.2, 0.25) is 0 Å². The first-order chi connectivity index (χ1) is 8.01. The van der Waals surface area contributed by atoms with Crippen LogP contribution >= 0.6 is 45.2 Å². The lowest BCUT2D eigenvalue weighted by Gasteiger charge is -2.12. The van der Waals surface area contributed by atoms with Crippen LogP contribution in [0, 0.1) is 36.7 Å². The quantitative estimate of drug-likeness (QED) is 0.704. The summed E-state index contributed by atoms with van der Waals surface area (Å²) in [6.07, 6.45) is -0.175. The summed E-state index contributed by atoms with van der Waals surface area (Å²) < 4.78 is 1.62. The van der Waals surface area contributed by atoms with Crippen LogP contribution in [0.5, 0.6) is 0 Å². The Kier molecular flexibility index (Phi) is 5.15. The topological polar surface area (TPSA) is 76.7 Å². The molecule has 1 N–H and O–H groups in total. The fourth-order valence-corrected chi connectivity index (χ4v) is 3.15. The van der Waals surface area contributed by atoms with Gasteiger partial charge in [-0.05, 0) is 63.7 Å². The minimum atomic E-state index is -0.340. The minimum Gasteiger partial charge on any atom is -0.323 e. The van der Waals surface area contributed by atoms with Crippen molar-refractivity contribution in [3.63, 3.8) is 0 Å². The molecule has 1 amide bonds. The van der Waals surface area contributed by atoms with Gasteiger partial charge in [0.15, 0.2) is 0 Å². The molecule has 4 nitrogen and oxygen atoms in total. The number of nitriles is 2. The third-order valence-electron chi connectivity index (χ3n) is 2.09. The van der Waals surface area contributed by atoms with E-state index in [0.29, 0.717) is 11.3 Å². The number of hydrogen-bond donors (Lipinski definition) is 1. The summed E-state index contributed by atoms with van der Waals surface area (Å²) in [5.74, 6) is -0.340. The fraction of sp³-hybridized carbons (Fsp3) is 0.182. The highest BCUT2D eigenvalue weighted by molar-refractivity contribution is 14.1. The van der Waals surface area contributed by atoms with Crippen LogP contribution in [0.3, 0.4) is 0 Å². The third kappa shape index (κ3) is 3.30. The van der Waals surface area contributed by atoms with Crippen molar-refractivity contribution >= 4 is 56.8 Å². The molecule has 0 aliphatic rings. The molecule has 0 fully saturated rings. The van der Waals surface area contributed by atoms with Crippen molar-refractivity contribution in [1.29, 1.82) is 10.5 Å². The number of rotatable bonds is 2. The van der Waals surface area contributed by atoms with Gasteiger partial charge >= 0.3 is 0 Å². The lowest BCUT2D eigenvalue weighted by atomic mass is 10.1. The van der Waals surface area contributed by atoms with Crippen molar-refractivity contribution in [2.75, 3.05) is 5.32 Å². The van der Waals surface area contributed by atoms with Gasteiger partial charge in [-0.3, -0.25) is 4.79 Å². The Bertz CT molecular complexity index is 555. The smallest absolute Gasteiger partial charge is 0.238 e. The molecule has 1 aromatic rings. The van der Waals surface area contributed by atoms with Crippen molar-refractivity contribution in [2.45, 2.75) is 13.3 Å². The van der Waals surface area contributed by atoms with Gasteiger partial charge in [0.05, 0.1) is 23.4 Å². The second-order valence-corrected chi connectivity index (χ2v) is 5.46. The van der Waals surface area contributed by atoms with Gasteiger partial charge in [0.25, 0.3) is 0 Å². The second-order valence-electron chi connectivity index (χ2n) is 3.21. The predicted molar refractivity (Wildman–Crippen MR) is 80.2 cm³/mol. The molecule has 0 saturated carbocycles. The Morgan fingerprint density at radius 2 is 2.12 bits per heavy atom. The minimum absolute atomic E-state index is 0.175. The van der Waals surface area contributed by atoms with Gasteiger partial charge in [-0.25, -0.2) is 0 Å². The summed E-state index contributed by atoms with van der Waals surface area (Å²) in [7, 11) is 0. The number of anilines is 1. The van der Waals surface area contributed by atoms with Crippen LogP contribution in [-0.4, -0.2) is 5.91 Å². The molecule has 0 atom stereocenters. The van der Waals surface area contributed by atoms with E-state index in [4.69, 9.17) is 10.5 Å². The van der Waals surface area contributed by atoms with Crippen molar-refractivity contribution in [3.8, 4) is 12.1 Å². The van der Waals surface area contributed by atoms with E-state index in [0.717, 1.165) is 12.7 Å². The van der Waals surface area contributed by atoms with E-state index in [1.54, 1.807) is 12.1 Å². The molecule has 0 radical (unpaired) electrons. The lowest BCUT2D eigenvalue weighted by Crippen LogP contribution is -2.13. The zero-order valence-electron chi connectivity index (χ0n) is 8.84. The Morgan fingerprint density at radius 1 is 1.47 bits per heavy atom. The van der Waals surface area contributed by atoms with Gasteiger partial charge in [-0.1, -0.05) is 0 Å². The highest BCUT2D eigenvalue weighted by Crippen LogP contribution is 2.30. The van der Waals surface area contributed by atoms with Crippen LogP contribution < -0.4 is 5.32 Å². The van der Waals surface area contributed by atoms with Gasteiger partial charge < -0.3 is 5.32 Å². The van der Waals surface area contributed by atoms with E-state index in [-0.39, 0.29) is 12.3 Å². The van der Waals surface area contributed by atoms with Gasteiger partial charge in [-0.2, -0.15) is 10.5 Å². The van der Waals surface area contributed by atoms with E-state index in [1.165, 1.54) is 0 Å². The average molecular weight is 451 g/mol. The van der Waals surface area contributed by atoms with Crippen molar-refractivity contribution in [1.82, 2.24) is 0 Å². The van der Waals surface area contributed by atoms with E-state index >= 15 is 0 Å². The number of carbonyl (C=O) groups excluding carboxylic acids is 1. The molecule has 0 spiro atoms. The second kappa shape index (κ2) is 6.17. The number of amides is 1. The van der Waals surface area contributed by atoms with E-state index in [2.05, 4.69) is 56.6 Å². The molecule has 1 rings (SSSR count).